The van der Waals surface area contributed by atoms with Crippen LogP contribution in [0.3, 0.4) is 0 Å². The van der Waals surface area contributed by atoms with Crippen LogP contribution in [0, 0.1) is 11.6 Å². The standard InChI is InChI=1S/C19H13F2NO5/c1-3-26-19(24)11-8-22-13-6-9(25-2)4-5-14(13)27-18-15(21)12(20)7-10(16(18)22)17(11)23/h4-8H,3H2,1-2H3. The highest BCUT2D eigenvalue weighted by Gasteiger charge is 2.29. The van der Waals surface area contributed by atoms with E-state index in [9.17, 15) is 18.4 Å². The first-order valence-electron chi connectivity index (χ1n) is 8.07. The Morgan fingerprint density at radius 3 is 2.74 bits per heavy atom. The third-order valence-corrected chi connectivity index (χ3v) is 4.27. The lowest BCUT2D eigenvalue weighted by molar-refractivity contribution is 0.0524. The number of carbonyl (C=O) groups excluding carboxylic acids is 1. The van der Waals surface area contributed by atoms with Crippen molar-refractivity contribution in [3.63, 3.8) is 0 Å². The molecule has 0 fully saturated rings. The average Bonchev–Trinajstić information content (AvgIpc) is 2.67. The smallest absolute Gasteiger partial charge is 0.343 e. The van der Waals surface area contributed by atoms with Gasteiger partial charge in [-0.3, -0.25) is 4.79 Å². The van der Waals surface area contributed by atoms with Crippen LogP contribution in [0.4, 0.5) is 8.78 Å². The van der Waals surface area contributed by atoms with E-state index in [2.05, 4.69) is 0 Å². The van der Waals surface area contributed by atoms with E-state index >= 15 is 0 Å². The van der Waals surface area contributed by atoms with Crippen LogP contribution in [0.15, 0.2) is 35.3 Å². The molecule has 8 heteroatoms. The summed E-state index contributed by atoms with van der Waals surface area (Å²) in [7, 11) is 1.47. The van der Waals surface area contributed by atoms with Crippen molar-refractivity contribution in [1.29, 1.82) is 0 Å². The van der Waals surface area contributed by atoms with Gasteiger partial charge in [-0.15, -0.1) is 0 Å². The largest absolute Gasteiger partial charge is 0.497 e. The number of rotatable bonds is 3. The van der Waals surface area contributed by atoms with Crippen molar-refractivity contribution in [2.24, 2.45) is 0 Å². The number of hydrogen-bond acceptors (Lipinski definition) is 5. The van der Waals surface area contributed by atoms with E-state index in [0.717, 1.165) is 6.07 Å². The van der Waals surface area contributed by atoms with Crippen molar-refractivity contribution in [3.05, 3.63) is 57.9 Å². The Morgan fingerprint density at radius 2 is 2.04 bits per heavy atom. The van der Waals surface area contributed by atoms with Gasteiger partial charge in [0.25, 0.3) is 0 Å². The van der Waals surface area contributed by atoms with E-state index in [1.165, 1.54) is 23.9 Å². The van der Waals surface area contributed by atoms with Crippen molar-refractivity contribution in [3.8, 4) is 22.9 Å². The third-order valence-electron chi connectivity index (χ3n) is 4.27. The monoisotopic (exact) mass is 373 g/mol. The molecule has 138 valence electrons. The summed E-state index contributed by atoms with van der Waals surface area (Å²) in [5, 5.41) is -0.192. The van der Waals surface area contributed by atoms with Gasteiger partial charge in [0.2, 0.25) is 11.2 Å². The van der Waals surface area contributed by atoms with Gasteiger partial charge in [0.15, 0.2) is 17.3 Å². The summed E-state index contributed by atoms with van der Waals surface area (Å²) in [5.74, 6) is -3.05. The fourth-order valence-corrected chi connectivity index (χ4v) is 3.05. The summed E-state index contributed by atoms with van der Waals surface area (Å²) in [6.07, 6.45) is 1.24. The summed E-state index contributed by atoms with van der Waals surface area (Å²) in [4.78, 5) is 24.9. The first-order valence-corrected chi connectivity index (χ1v) is 8.07. The van der Waals surface area contributed by atoms with Crippen molar-refractivity contribution in [1.82, 2.24) is 4.57 Å². The van der Waals surface area contributed by atoms with Gasteiger partial charge in [-0.1, -0.05) is 0 Å². The number of pyridine rings is 1. The number of methoxy groups -OCH3 is 1. The lowest BCUT2D eigenvalue weighted by Gasteiger charge is -2.24. The van der Waals surface area contributed by atoms with Crippen molar-refractivity contribution in [2.75, 3.05) is 13.7 Å². The fourth-order valence-electron chi connectivity index (χ4n) is 3.05. The summed E-state index contributed by atoms with van der Waals surface area (Å²) in [6, 6.07) is 5.46. The van der Waals surface area contributed by atoms with Crippen LogP contribution in [-0.4, -0.2) is 24.3 Å². The van der Waals surface area contributed by atoms with Crippen LogP contribution in [0.1, 0.15) is 17.3 Å². The van der Waals surface area contributed by atoms with Crippen LogP contribution in [-0.2, 0) is 4.74 Å². The molecule has 0 radical (unpaired) electrons. The van der Waals surface area contributed by atoms with E-state index in [4.69, 9.17) is 14.2 Å². The maximum atomic E-state index is 14.4. The second-order valence-electron chi connectivity index (χ2n) is 5.80. The summed E-state index contributed by atoms with van der Waals surface area (Å²) >= 11 is 0. The predicted molar refractivity (Wildman–Crippen MR) is 92.0 cm³/mol. The zero-order valence-corrected chi connectivity index (χ0v) is 14.3. The minimum atomic E-state index is -1.25. The topological polar surface area (TPSA) is 66.8 Å². The van der Waals surface area contributed by atoms with E-state index in [-0.39, 0.29) is 28.8 Å². The number of fused-ring (bicyclic) bond motifs is 2. The maximum Gasteiger partial charge on any atom is 0.343 e. The number of esters is 1. The summed E-state index contributed by atoms with van der Waals surface area (Å²) in [5.41, 5.74) is -0.636. The summed E-state index contributed by atoms with van der Waals surface area (Å²) < 4.78 is 45.5. The van der Waals surface area contributed by atoms with E-state index in [0.29, 0.717) is 11.4 Å². The Labute approximate surface area is 151 Å². The number of benzene rings is 2. The second kappa shape index (κ2) is 6.08. The fraction of sp³-hybridized carbons (Fsp3) is 0.158. The summed E-state index contributed by atoms with van der Waals surface area (Å²) in [6.45, 7) is 1.66. The molecule has 4 rings (SSSR count). The molecule has 0 bridgehead atoms. The Morgan fingerprint density at radius 1 is 1.26 bits per heavy atom. The third kappa shape index (κ3) is 2.44. The predicted octanol–water partition coefficient (Wildman–Crippen LogP) is 3.56. The van der Waals surface area contributed by atoms with Crippen LogP contribution in [0.25, 0.3) is 16.6 Å². The minimum Gasteiger partial charge on any atom is -0.497 e. The molecule has 2 aromatic carbocycles. The number of aromatic nitrogens is 1. The van der Waals surface area contributed by atoms with Crippen molar-refractivity contribution < 1.29 is 27.8 Å². The lowest BCUT2D eigenvalue weighted by atomic mass is 10.1. The van der Waals surface area contributed by atoms with Gasteiger partial charge in [-0.05, 0) is 25.1 Å². The molecular weight excluding hydrogens is 360 g/mol. The molecular formula is C19H13F2NO5. The highest BCUT2D eigenvalue weighted by atomic mass is 19.2. The van der Waals surface area contributed by atoms with Gasteiger partial charge in [-0.25, -0.2) is 9.18 Å². The Balaban J connectivity index is 2.15. The van der Waals surface area contributed by atoms with Gasteiger partial charge < -0.3 is 18.8 Å². The molecule has 0 unspecified atom stereocenters. The number of hydrogen-bond donors (Lipinski definition) is 0. The second-order valence-corrected chi connectivity index (χ2v) is 5.80. The number of halogens is 2. The SMILES string of the molecule is CCOC(=O)c1cn2c3c(c(F)c(F)cc3c1=O)Oc1ccc(OC)cc1-2. The highest BCUT2D eigenvalue weighted by molar-refractivity contribution is 5.97. The number of carbonyl (C=O) groups is 1. The molecule has 1 aliphatic rings. The Bertz CT molecular complexity index is 1170. The molecule has 1 aromatic heterocycles. The highest BCUT2D eigenvalue weighted by Crippen LogP contribution is 2.43. The molecule has 0 amide bonds. The molecule has 0 atom stereocenters. The molecule has 6 nitrogen and oxygen atoms in total. The number of nitrogens with zero attached hydrogens (tertiary/aromatic N) is 1. The van der Waals surface area contributed by atoms with Crippen LogP contribution in [0.5, 0.6) is 17.2 Å². The minimum absolute atomic E-state index is 0.0210. The van der Waals surface area contributed by atoms with Crippen LogP contribution >= 0.6 is 0 Å². The molecule has 0 saturated carbocycles. The maximum absolute atomic E-state index is 14.4. The van der Waals surface area contributed by atoms with Gasteiger partial charge in [0, 0.05) is 12.3 Å². The lowest BCUT2D eigenvalue weighted by Crippen LogP contribution is -2.22. The van der Waals surface area contributed by atoms with Gasteiger partial charge in [-0.2, -0.15) is 4.39 Å². The van der Waals surface area contributed by atoms with Gasteiger partial charge >= 0.3 is 5.97 Å². The first-order chi connectivity index (χ1) is 13.0. The van der Waals surface area contributed by atoms with E-state index < -0.39 is 28.8 Å². The molecule has 2 heterocycles. The Hall–Kier alpha value is -3.42. The van der Waals surface area contributed by atoms with Gasteiger partial charge in [0.1, 0.15) is 16.8 Å². The first kappa shape index (κ1) is 17.0. The molecule has 0 aliphatic carbocycles. The van der Waals surface area contributed by atoms with Crippen LogP contribution in [0.2, 0.25) is 0 Å². The average molecular weight is 373 g/mol. The molecule has 0 N–H and O–H groups in total. The van der Waals surface area contributed by atoms with E-state index in [1.54, 1.807) is 19.1 Å². The molecule has 1 aliphatic heterocycles. The normalized spacial score (nSPS) is 11.7. The zero-order valence-electron chi connectivity index (χ0n) is 14.3. The Kier molecular flexibility index (Phi) is 3.83. The van der Waals surface area contributed by atoms with Gasteiger partial charge in [0.05, 0.1) is 24.8 Å². The van der Waals surface area contributed by atoms with Crippen molar-refractivity contribution in [2.45, 2.75) is 6.92 Å². The number of ether oxygens (including phenoxy) is 3. The quantitative estimate of drug-likeness (QED) is 0.514. The molecule has 0 spiro atoms. The van der Waals surface area contributed by atoms with Crippen LogP contribution < -0.4 is 14.9 Å². The molecule has 27 heavy (non-hydrogen) atoms. The van der Waals surface area contributed by atoms with E-state index in [1.807, 2.05) is 0 Å². The molecule has 3 aromatic rings. The molecule has 0 saturated heterocycles. The van der Waals surface area contributed by atoms with Crippen molar-refractivity contribution >= 4 is 16.9 Å². The zero-order chi connectivity index (χ0) is 19.3.